The number of nitrogens with zero attached hydrogens (tertiary/aromatic N) is 2. The van der Waals surface area contributed by atoms with Gasteiger partial charge in [-0.3, -0.25) is 0 Å². The molecule has 2 rings (SSSR count). The van der Waals surface area contributed by atoms with Crippen molar-refractivity contribution in [2.24, 2.45) is 0 Å². The predicted molar refractivity (Wildman–Crippen MR) is 75.4 cm³/mol. The number of alkyl halides is 1. The highest BCUT2D eigenvalue weighted by Gasteiger charge is 2.28. The second-order valence-corrected chi connectivity index (χ2v) is 5.12. The van der Waals surface area contributed by atoms with Gasteiger partial charge in [-0.05, 0) is 37.5 Å². The second kappa shape index (κ2) is 5.89. The van der Waals surface area contributed by atoms with Gasteiger partial charge >= 0.3 is 0 Å². The van der Waals surface area contributed by atoms with Gasteiger partial charge in [0.05, 0.1) is 12.1 Å². The molecular formula is C14H21ClN2O. The molecule has 18 heavy (non-hydrogen) atoms. The minimum Gasteiger partial charge on any atom is -0.376 e. The van der Waals surface area contributed by atoms with Crippen LogP contribution in [0.2, 0.25) is 0 Å². The summed E-state index contributed by atoms with van der Waals surface area (Å²) in [5.41, 5.74) is 2.23. The normalized spacial score (nSPS) is 23.3. The van der Waals surface area contributed by atoms with Crippen molar-refractivity contribution in [3.05, 3.63) is 23.4 Å². The SMILES string of the molecule is CCc1cc(CCl)cc(N(C)C2CCOC2C)n1. The van der Waals surface area contributed by atoms with Crippen LogP contribution in [0.25, 0.3) is 0 Å². The first-order chi connectivity index (χ1) is 8.65. The molecule has 0 aromatic carbocycles. The third kappa shape index (κ3) is 2.78. The van der Waals surface area contributed by atoms with Crippen LogP contribution in [-0.4, -0.2) is 30.8 Å². The van der Waals surface area contributed by atoms with E-state index in [-0.39, 0.29) is 6.10 Å². The van der Waals surface area contributed by atoms with Gasteiger partial charge in [0, 0.05) is 25.2 Å². The molecule has 1 saturated heterocycles. The van der Waals surface area contributed by atoms with Crippen molar-refractivity contribution in [1.82, 2.24) is 4.98 Å². The number of hydrogen-bond donors (Lipinski definition) is 0. The zero-order chi connectivity index (χ0) is 13.1. The minimum atomic E-state index is 0.265. The monoisotopic (exact) mass is 268 g/mol. The van der Waals surface area contributed by atoms with Gasteiger partial charge in [0.2, 0.25) is 0 Å². The lowest BCUT2D eigenvalue weighted by Crippen LogP contribution is -2.37. The zero-order valence-electron chi connectivity index (χ0n) is 11.3. The van der Waals surface area contributed by atoms with E-state index in [0.29, 0.717) is 11.9 Å². The van der Waals surface area contributed by atoms with Gasteiger partial charge < -0.3 is 9.64 Å². The molecule has 0 aliphatic carbocycles. The summed E-state index contributed by atoms with van der Waals surface area (Å²) in [6, 6.07) is 4.57. The van der Waals surface area contributed by atoms with Crippen molar-refractivity contribution in [1.29, 1.82) is 0 Å². The number of pyridine rings is 1. The van der Waals surface area contributed by atoms with E-state index in [9.17, 15) is 0 Å². The van der Waals surface area contributed by atoms with E-state index in [1.807, 2.05) is 0 Å². The summed E-state index contributed by atoms with van der Waals surface area (Å²) < 4.78 is 5.63. The average Bonchev–Trinajstić information content (AvgIpc) is 2.83. The van der Waals surface area contributed by atoms with E-state index in [1.54, 1.807) is 0 Å². The molecule has 2 unspecified atom stereocenters. The maximum Gasteiger partial charge on any atom is 0.129 e. The smallest absolute Gasteiger partial charge is 0.129 e. The number of ether oxygens (including phenoxy) is 1. The van der Waals surface area contributed by atoms with E-state index in [1.165, 1.54) is 0 Å². The van der Waals surface area contributed by atoms with Crippen LogP contribution in [0.4, 0.5) is 5.82 Å². The van der Waals surface area contributed by atoms with Crippen LogP contribution >= 0.6 is 11.6 Å². The maximum atomic E-state index is 5.95. The minimum absolute atomic E-state index is 0.265. The summed E-state index contributed by atoms with van der Waals surface area (Å²) in [4.78, 5) is 6.92. The molecule has 1 fully saturated rings. The number of aryl methyl sites for hydroxylation is 1. The molecule has 0 N–H and O–H groups in total. The molecule has 0 saturated carbocycles. The highest BCUT2D eigenvalue weighted by Crippen LogP contribution is 2.24. The van der Waals surface area contributed by atoms with Crippen LogP contribution in [-0.2, 0) is 17.0 Å². The van der Waals surface area contributed by atoms with E-state index < -0.39 is 0 Å². The fraction of sp³-hybridized carbons (Fsp3) is 0.643. The Labute approximate surface area is 114 Å². The van der Waals surface area contributed by atoms with Crippen LogP contribution in [0, 0.1) is 0 Å². The summed E-state index contributed by atoms with van der Waals surface area (Å²) in [7, 11) is 2.09. The molecule has 2 atom stereocenters. The molecule has 1 aliphatic rings. The van der Waals surface area contributed by atoms with Crippen molar-refractivity contribution < 1.29 is 4.74 Å². The molecule has 2 heterocycles. The van der Waals surface area contributed by atoms with Crippen LogP contribution in [0.15, 0.2) is 12.1 Å². The largest absolute Gasteiger partial charge is 0.376 e. The Morgan fingerprint density at radius 2 is 2.28 bits per heavy atom. The molecule has 100 valence electrons. The summed E-state index contributed by atoms with van der Waals surface area (Å²) in [5.74, 6) is 1.54. The fourth-order valence-corrected chi connectivity index (χ4v) is 2.63. The molecule has 1 aromatic heterocycles. The first-order valence-corrected chi connectivity index (χ1v) is 7.09. The first-order valence-electron chi connectivity index (χ1n) is 6.56. The quantitative estimate of drug-likeness (QED) is 0.785. The molecule has 4 heteroatoms. The first kappa shape index (κ1) is 13.6. The van der Waals surface area contributed by atoms with E-state index in [4.69, 9.17) is 21.3 Å². The van der Waals surface area contributed by atoms with Crippen molar-refractivity contribution in [2.75, 3.05) is 18.6 Å². The predicted octanol–water partition coefficient (Wildman–Crippen LogP) is 3.00. The molecular weight excluding hydrogens is 248 g/mol. The molecule has 0 amide bonds. The second-order valence-electron chi connectivity index (χ2n) is 4.85. The van der Waals surface area contributed by atoms with Crippen molar-refractivity contribution in [3.8, 4) is 0 Å². The Morgan fingerprint density at radius 1 is 1.50 bits per heavy atom. The van der Waals surface area contributed by atoms with Crippen LogP contribution in [0.3, 0.4) is 0 Å². The van der Waals surface area contributed by atoms with Crippen LogP contribution in [0.1, 0.15) is 31.5 Å². The number of likely N-dealkylation sites (N-methyl/N-ethyl adjacent to an activating group) is 1. The zero-order valence-corrected chi connectivity index (χ0v) is 12.1. The maximum absolute atomic E-state index is 5.95. The summed E-state index contributed by atoms with van der Waals surface area (Å²) in [5, 5.41) is 0. The van der Waals surface area contributed by atoms with Crippen molar-refractivity contribution in [3.63, 3.8) is 0 Å². The summed E-state index contributed by atoms with van der Waals surface area (Å²) in [6.45, 7) is 5.08. The topological polar surface area (TPSA) is 25.4 Å². The lowest BCUT2D eigenvalue weighted by atomic mass is 10.1. The summed E-state index contributed by atoms with van der Waals surface area (Å²) >= 11 is 5.95. The van der Waals surface area contributed by atoms with Gasteiger partial charge in [-0.1, -0.05) is 6.92 Å². The third-order valence-electron chi connectivity index (χ3n) is 3.64. The van der Waals surface area contributed by atoms with Crippen molar-refractivity contribution >= 4 is 17.4 Å². The van der Waals surface area contributed by atoms with Gasteiger partial charge in [0.15, 0.2) is 0 Å². The van der Waals surface area contributed by atoms with Gasteiger partial charge in [0.1, 0.15) is 5.82 Å². The average molecular weight is 269 g/mol. The lowest BCUT2D eigenvalue weighted by Gasteiger charge is -2.28. The van der Waals surface area contributed by atoms with Crippen LogP contribution in [0.5, 0.6) is 0 Å². The molecule has 0 radical (unpaired) electrons. The Kier molecular flexibility index (Phi) is 4.46. The number of anilines is 1. The third-order valence-corrected chi connectivity index (χ3v) is 3.94. The van der Waals surface area contributed by atoms with Gasteiger partial charge in [-0.15, -0.1) is 11.6 Å². The molecule has 0 spiro atoms. The van der Waals surface area contributed by atoms with E-state index >= 15 is 0 Å². The Bertz CT molecular complexity index is 389. The number of hydrogen-bond acceptors (Lipinski definition) is 3. The number of halogens is 1. The molecule has 1 aromatic rings. The van der Waals surface area contributed by atoms with Gasteiger partial charge in [-0.2, -0.15) is 0 Å². The number of rotatable bonds is 4. The highest BCUT2D eigenvalue weighted by molar-refractivity contribution is 6.17. The van der Waals surface area contributed by atoms with Gasteiger partial charge in [0.25, 0.3) is 0 Å². The van der Waals surface area contributed by atoms with Crippen LogP contribution < -0.4 is 4.90 Å². The van der Waals surface area contributed by atoms with Gasteiger partial charge in [-0.25, -0.2) is 4.98 Å². The standard InChI is InChI=1S/C14H21ClN2O/c1-4-12-7-11(9-15)8-14(16-12)17(3)13-5-6-18-10(13)2/h7-8,10,13H,4-6,9H2,1-3H3. The lowest BCUT2D eigenvalue weighted by molar-refractivity contribution is 0.118. The fourth-order valence-electron chi connectivity index (χ4n) is 2.47. The Morgan fingerprint density at radius 3 is 2.83 bits per heavy atom. The van der Waals surface area contributed by atoms with E-state index in [0.717, 1.165) is 36.5 Å². The van der Waals surface area contributed by atoms with E-state index in [2.05, 4.69) is 37.9 Å². The highest BCUT2D eigenvalue weighted by atomic mass is 35.5. The Balaban J connectivity index is 2.25. The number of aromatic nitrogens is 1. The molecule has 0 bridgehead atoms. The summed E-state index contributed by atoms with van der Waals surface area (Å²) in [6.07, 6.45) is 2.26. The Hall–Kier alpha value is -0.800. The molecule has 3 nitrogen and oxygen atoms in total. The van der Waals surface area contributed by atoms with Crippen molar-refractivity contribution in [2.45, 2.75) is 44.7 Å². The molecule has 1 aliphatic heterocycles.